The van der Waals surface area contributed by atoms with Crippen LogP contribution in [0.3, 0.4) is 0 Å². The van der Waals surface area contributed by atoms with Gasteiger partial charge in [-0.1, -0.05) is 0 Å². The average Bonchev–Trinajstić information content (AvgIpc) is 2.65. The van der Waals surface area contributed by atoms with Crippen LogP contribution in [0, 0.1) is 0 Å². The summed E-state index contributed by atoms with van der Waals surface area (Å²) in [6.45, 7) is 0.411. The molecule has 1 heterocycles. The number of amides is 1. The fourth-order valence-electron chi connectivity index (χ4n) is 1.78. The largest absolute Gasteiger partial charge is 0.481 e. The van der Waals surface area contributed by atoms with Crippen LogP contribution in [0.2, 0.25) is 0 Å². The summed E-state index contributed by atoms with van der Waals surface area (Å²) >= 11 is 1.38. The monoisotopic (exact) mass is 309 g/mol. The zero-order valence-corrected chi connectivity index (χ0v) is 12.5. The van der Waals surface area contributed by atoms with E-state index in [-0.39, 0.29) is 34.8 Å². The number of carbonyl (C=O) groups excluding carboxylic acids is 1. The molecule has 0 aliphatic carbocycles. The summed E-state index contributed by atoms with van der Waals surface area (Å²) in [4.78, 5) is 23.6. The van der Waals surface area contributed by atoms with Gasteiger partial charge in [0.15, 0.2) is 9.84 Å². The quantitative estimate of drug-likeness (QED) is 0.724. The minimum atomic E-state index is -2.90. The standard InChI is InChI=1S/C11H19NO5S2/c1-12(5-2-3-11(14)15)10(13)7-18-9-4-6-19(16,17)8-9/h9H,2-8H2,1H3,(H,14,15). The molecular weight excluding hydrogens is 290 g/mol. The molecular formula is C11H19NO5S2. The predicted molar refractivity (Wildman–Crippen MR) is 74.0 cm³/mol. The molecule has 1 atom stereocenters. The van der Waals surface area contributed by atoms with E-state index in [1.165, 1.54) is 16.7 Å². The topological polar surface area (TPSA) is 91.8 Å². The SMILES string of the molecule is CN(CCCC(=O)O)C(=O)CSC1CCS(=O)(=O)C1. The molecule has 110 valence electrons. The van der Waals surface area contributed by atoms with Crippen LogP contribution in [0.4, 0.5) is 0 Å². The molecule has 8 heteroatoms. The van der Waals surface area contributed by atoms with Gasteiger partial charge in [0.1, 0.15) is 0 Å². The van der Waals surface area contributed by atoms with Gasteiger partial charge >= 0.3 is 5.97 Å². The zero-order chi connectivity index (χ0) is 14.5. The van der Waals surface area contributed by atoms with Crippen molar-refractivity contribution in [1.82, 2.24) is 4.90 Å². The molecule has 0 saturated carbocycles. The van der Waals surface area contributed by atoms with Crippen molar-refractivity contribution in [2.45, 2.75) is 24.5 Å². The lowest BCUT2D eigenvalue weighted by atomic mass is 10.3. The third-order valence-electron chi connectivity index (χ3n) is 2.94. The van der Waals surface area contributed by atoms with Gasteiger partial charge < -0.3 is 10.0 Å². The van der Waals surface area contributed by atoms with E-state index in [4.69, 9.17) is 5.11 Å². The Bertz CT molecular complexity index is 434. The molecule has 0 radical (unpaired) electrons. The molecule has 1 fully saturated rings. The van der Waals surface area contributed by atoms with Crippen LogP contribution < -0.4 is 0 Å². The number of hydrogen-bond acceptors (Lipinski definition) is 5. The van der Waals surface area contributed by atoms with Gasteiger partial charge in [0.25, 0.3) is 0 Å². The number of sulfone groups is 1. The first-order valence-electron chi connectivity index (χ1n) is 6.08. The van der Waals surface area contributed by atoms with Crippen molar-refractivity contribution < 1.29 is 23.1 Å². The third-order valence-corrected chi connectivity index (χ3v) is 6.21. The van der Waals surface area contributed by atoms with Gasteiger partial charge in [-0.2, -0.15) is 0 Å². The summed E-state index contributed by atoms with van der Waals surface area (Å²) in [7, 11) is -1.26. The van der Waals surface area contributed by atoms with E-state index in [0.29, 0.717) is 19.4 Å². The van der Waals surface area contributed by atoms with Gasteiger partial charge in [0.05, 0.1) is 17.3 Å². The summed E-state index contributed by atoms with van der Waals surface area (Å²) in [6.07, 6.45) is 1.09. The number of nitrogens with zero attached hydrogens (tertiary/aromatic N) is 1. The number of hydrogen-bond donors (Lipinski definition) is 1. The summed E-state index contributed by atoms with van der Waals surface area (Å²) in [5.74, 6) is -0.323. The molecule has 1 aliphatic rings. The number of carbonyl (C=O) groups is 2. The van der Waals surface area contributed by atoms with Crippen LogP contribution in [-0.4, -0.2) is 66.4 Å². The first-order chi connectivity index (χ1) is 8.80. The molecule has 19 heavy (non-hydrogen) atoms. The van der Waals surface area contributed by atoms with E-state index in [1.807, 2.05) is 0 Å². The maximum absolute atomic E-state index is 11.7. The predicted octanol–water partition coefficient (Wildman–Crippen LogP) is 0.230. The van der Waals surface area contributed by atoms with Crippen LogP contribution in [0.15, 0.2) is 0 Å². The van der Waals surface area contributed by atoms with E-state index in [2.05, 4.69) is 0 Å². The number of thioether (sulfide) groups is 1. The minimum Gasteiger partial charge on any atom is -0.481 e. The lowest BCUT2D eigenvalue weighted by Gasteiger charge is -2.17. The van der Waals surface area contributed by atoms with Gasteiger partial charge in [-0.15, -0.1) is 11.8 Å². The van der Waals surface area contributed by atoms with Crippen molar-refractivity contribution in [2.24, 2.45) is 0 Å². The summed E-state index contributed by atoms with van der Waals surface area (Å²) < 4.78 is 22.5. The van der Waals surface area contributed by atoms with E-state index in [1.54, 1.807) is 7.05 Å². The first kappa shape index (κ1) is 16.3. The Kier molecular flexibility index (Phi) is 6.12. The fourth-order valence-corrected chi connectivity index (χ4v) is 5.37. The Hall–Kier alpha value is -0.760. The highest BCUT2D eigenvalue weighted by atomic mass is 32.2. The van der Waals surface area contributed by atoms with E-state index >= 15 is 0 Å². The van der Waals surface area contributed by atoms with Gasteiger partial charge in [-0.3, -0.25) is 9.59 Å². The Morgan fingerprint density at radius 3 is 2.63 bits per heavy atom. The molecule has 0 bridgehead atoms. The smallest absolute Gasteiger partial charge is 0.303 e. The summed E-state index contributed by atoms with van der Waals surface area (Å²) in [5.41, 5.74) is 0. The van der Waals surface area contributed by atoms with Crippen LogP contribution in [0.25, 0.3) is 0 Å². The molecule has 1 rings (SSSR count). The summed E-state index contributed by atoms with van der Waals surface area (Å²) in [5, 5.41) is 8.51. The maximum atomic E-state index is 11.7. The molecule has 1 N–H and O–H groups in total. The molecule has 1 aliphatic heterocycles. The maximum Gasteiger partial charge on any atom is 0.303 e. The second-order valence-electron chi connectivity index (χ2n) is 4.65. The molecule has 0 aromatic heterocycles. The molecule has 0 spiro atoms. The van der Waals surface area contributed by atoms with Crippen molar-refractivity contribution in [3.63, 3.8) is 0 Å². The Morgan fingerprint density at radius 2 is 2.11 bits per heavy atom. The van der Waals surface area contributed by atoms with E-state index < -0.39 is 15.8 Å². The molecule has 1 saturated heterocycles. The molecule has 0 aromatic rings. The lowest BCUT2D eigenvalue weighted by molar-refractivity contribution is -0.137. The van der Waals surface area contributed by atoms with Crippen molar-refractivity contribution in [3.05, 3.63) is 0 Å². The number of carboxylic acid groups (broad SMARTS) is 1. The Balaban J connectivity index is 2.22. The fraction of sp³-hybridized carbons (Fsp3) is 0.818. The Labute approximate surface area is 117 Å². The van der Waals surface area contributed by atoms with Crippen LogP contribution in [-0.2, 0) is 19.4 Å². The van der Waals surface area contributed by atoms with E-state index in [9.17, 15) is 18.0 Å². The highest BCUT2D eigenvalue weighted by Crippen LogP contribution is 2.24. The van der Waals surface area contributed by atoms with Gasteiger partial charge in [0.2, 0.25) is 5.91 Å². The molecule has 6 nitrogen and oxygen atoms in total. The number of rotatable bonds is 7. The zero-order valence-electron chi connectivity index (χ0n) is 10.9. The van der Waals surface area contributed by atoms with Crippen molar-refractivity contribution in [3.8, 4) is 0 Å². The van der Waals surface area contributed by atoms with Gasteiger partial charge in [-0.05, 0) is 12.8 Å². The normalized spacial score (nSPS) is 21.2. The minimum absolute atomic E-state index is 0.0152. The second-order valence-corrected chi connectivity index (χ2v) is 8.17. The highest BCUT2D eigenvalue weighted by molar-refractivity contribution is 8.02. The van der Waals surface area contributed by atoms with Crippen molar-refractivity contribution >= 4 is 33.5 Å². The number of aliphatic carboxylic acids is 1. The van der Waals surface area contributed by atoms with Crippen LogP contribution in [0.1, 0.15) is 19.3 Å². The third kappa shape index (κ3) is 6.29. The van der Waals surface area contributed by atoms with E-state index in [0.717, 1.165) is 0 Å². The van der Waals surface area contributed by atoms with Crippen molar-refractivity contribution in [1.29, 1.82) is 0 Å². The van der Waals surface area contributed by atoms with Crippen molar-refractivity contribution in [2.75, 3.05) is 30.9 Å². The summed E-state index contributed by atoms with van der Waals surface area (Å²) in [6, 6.07) is 0. The lowest BCUT2D eigenvalue weighted by Crippen LogP contribution is -2.30. The van der Waals surface area contributed by atoms with Crippen LogP contribution in [0.5, 0.6) is 0 Å². The van der Waals surface area contributed by atoms with Gasteiger partial charge in [0, 0.05) is 25.3 Å². The molecule has 0 aromatic carbocycles. The second kappa shape index (κ2) is 7.14. The average molecular weight is 309 g/mol. The highest BCUT2D eigenvalue weighted by Gasteiger charge is 2.28. The van der Waals surface area contributed by atoms with Gasteiger partial charge in [-0.25, -0.2) is 8.42 Å². The Morgan fingerprint density at radius 1 is 1.42 bits per heavy atom. The van der Waals surface area contributed by atoms with Crippen LogP contribution >= 0.6 is 11.8 Å². The number of carboxylic acids is 1. The molecule has 1 amide bonds. The first-order valence-corrected chi connectivity index (χ1v) is 8.95. The molecule has 1 unspecified atom stereocenters.